The van der Waals surface area contributed by atoms with Crippen LogP contribution >= 0.6 is 0 Å². The van der Waals surface area contributed by atoms with Gasteiger partial charge in [-0.15, -0.1) is 0 Å². The molecule has 1 aromatic heterocycles. The summed E-state index contributed by atoms with van der Waals surface area (Å²) in [5.41, 5.74) is 9.54. The van der Waals surface area contributed by atoms with E-state index >= 15 is 0 Å². The van der Waals surface area contributed by atoms with Gasteiger partial charge < -0.3 is 15.5 Å². The highest BCUT2D eigenvalue weighted by atomic mass is 16.2. The molecule has 3 heterocycles. The number of rotatable bonds is 2. The van der Waals surface area contributed by atoms with Crippen molar-refractivity contribution in [2.75, 3.05) is 35.2 Å². The van der Waals surface area contributed by atoms with Crippen LogP contribution in [-0.2, 0) is 6.42 Å². The number of aromatic nitrogens is 1. The van der Waals surface area contributed by atoms with E-state index in [1.54, 1.807) is 6.20 Å². The molecule has 2 aliphatic rings. The Kier molecular flexibility index (Phi) is 4.78. The maximum atomic E-state index is 13.0. The number of benzene rings is 1. The Morgan fingerprint density at radius 3 is 2.50 bits per heavy atom. The molecular weight excluding hydrogens is 324 g/mol. The molecule has 0 atom stereocenters. The Morgan fingerprint density at radius 2 is 1.77 bits per heavy atom. The Labute approximate surface area is 154 Å². The van der Waals surface area contributed by atoms with Gasteiger partial charge in [-0.3, -0.25) is 4.79 Å². The minimum absolute atomic E-state index is 0.00599. The van der Waals surface area contributed by atoms with Crippen LogP contribution in [0, 0.1) is 0 Å². The largest absolute Gasteiger partial charge is 0.398 e. The van der Waals surface area contributed by atoms with E-state index in [4.69, 9.17) is 5.73 Å². The number of pyridine rings is 1. The summed E-state index contributed by atoms with van der Waals surface area (Å²) in [6.45, 7) is 2.83. The number of anilines is 3. The maximum Gasteiger partial charge on any atom is 0.259 e. The van der Waals surface area contributed by atoms with Gasteiger partial charge in [-0.1, -0.05) is 18.9 Å². The fraction of sp³-hybridized carbons (Fsp3) is 0.429. The van der Waals surface area contributed by atoms with E-state index < -0.39 is 0 Å². The molecule has 2 aliphatic heterocycles. The highest BCUT2D eigenvalue weighted by molar-refractivity contribution is 6.07. The van der Waals surface area contributed by atoms with Crippen LogP contribution in [0.15, 0.2) is 36.5 Å². The molecule has 2 aromatic rings. The molecule has 5 heteroatoms. The second kappa shape index (κ2) is 7.36. The minimum atomic E-state index is 0.00599. The molecule has 0 radical (unpaired) electrons. The number of hydrogen-bond acceptors (Lipinski definition) is 4. The van der Waals surface area contributed by atoms with Crippen molar-refractivity contribution in [3.05, 3.63) is 47.7 Å². The summed E-state index contributed by atoms with van der Waals surface area (Å²) in [5, 5.41) is 0. The van der Waals surface area contributed by atoms with Crippen molar-refractivity contribution in [3.8, 4) is 0 Å². The van der Waals surface area contributed by atoms with Gasteiger partial charge in [-0.05, 0) is 55.5 Å². The van der Waals surface area contributed by atoms with E-state index in [0.717, 1.165) is 55.2 Å². The number of nitrogen functional groups attached to an aromatic ring is 1. The molecule has 136 valence electrons. The number of fused-ring (bicyclic) bond motifs is 1. The SMILES string of the molecule is Nc1cccc2c1CCCN2C(=O)c1ccc(N2CCCCCC2)nc1. The molecule has 4 rings (SSSR count). The topological polar surface area (TPSA) is 62.5 Å². The molecule has 1 saturated heterocycles. The molecule has 1 amide bonds. The molecule has 1 aromatic carbocycles. The zero-order valence-corrected chi connectivity index (χ0v) is 15.2. The third-order valence-corrected chi connectivity index (χ3v) is 5.46. The zero-order valence-electron chi connectivity index (χ0n) is 15.2. The first-order valence-corrected chi connectivity index (χ1v) is 9.64. The van der Waals surface area contributed by atoms with Crippen molar-refractivity contribution in [2.45, 2.75) is 38.5 Å². The number of hydrogen-bond donors (Lipinski definition) is 1. The minimum Gasteiger partial charge on any atom is -0.398 e. The molecule has 5 nitrogen and oxygen atoms in total. The highest BCUT2D eigenvalue weighted by Crippen LogP contribution is 2.32. The van der Waals surface area contributed by atoms with Gasteiger partial charge in [0, 0.05) is 37.2 Å². The molecular formula is C21H26N4O. The Hall–Kier alpha value is -2.56. The highest BCUT2D eigenvalue weighted by Gasteiger charge is 2.25. The van der Waals surface area contributed by atoms with Crippen LogP contribution in [0.3, 0.4) is 0 Å². The first kappa shape index (κ1) is 16.9. The van der Waals surface area contributed by atoms with Gasteiger partial charge in [-0.2, -0.15) is 0 Å². The van der Waals surface area contributed by atoms with Crippen molar-refractivity contribution in [3.63, 3.8) is 0 Å². The summed E-state index contributed by atoms with van der Waals surface area (Å²) in [7, 11) is 0. The first-order chi connectivity index (χ1) is 12.7. The lowest BCUT2D eigenvalue weighted by molar-refractivity contribution is 0.0985. The number of nitrogens with two attached hydrogens (primary N) is 1. The van der Waals surface area contributed by atoms with Gasteiger partial charge in [0.1, 0.15) is 5.82 Å². The lowest BCUT2D eigenvalue weighted by Gasteiger charge is -2.30. The second-order valence-corrected chi connectivity index (χ2v) is 7.21. The van der Waals surface area contributed by atoms with Crippen molar-refractivity contribution >= 4 is 23.1 Å². The van der Waals surface area contributed by atoms with Crippen molar-refractivity contribution < 1.29 is 4.79 Å². The average molecular weight is 350 g/mol. The van der Waals surface area contributed by atoms with E-state index in [2.05, 4.69) is 9.88 Å². The molecule has 26 heavy (non-hydrogen) atoms. The quantitative estimate of drug-likeness (QED) is 0.840. The van der Waals surface area contributed by atoms with Crippen LogP contribution in [0.5, 0.6) is 0 Å². The first-order valence-electron chi connectivity index (χ1n) is 9.64. The van der Waals surface area contributed by atoms with E-state index in [9.17, 15) is 4.79 Å². The standard InChI is InChI=1S/C21H26N4O/c22-18-8-5-9-19-17(18)7-6-14-25(19)21(26)16-10-11-20(23-15-16)24-12-3-1-2-4-13-24/h5,8-11,15H,1-4,6-7,12-14,22H2. The lowest BCUT2D eigenvalue weighted by atomic mass is 9.99. The number of amides is 1. The number of nitrogens with zero attached hydrogens (tertiary/aromatic N) is 3. The molecule has 0 unspecified atom stereocenters. The predicted molar refractivity (Wildman–Crippen MR) is 106 cm³/mol. The summed E-state index contributed by atoms with van der Waals surface area (Å²) in [4.78, 5) is 21.8. The molecule has 1 fully saturated rings. The Bertz CT molecular complexity index is 779. The zero-order chi connectivity index (χ0) is 17.9. The van der Waals surface area contributed by atoms with Crippen LogP contribution < -0.4 is 15.5 Å². The van der Waals surface area contributed by atoms with Crippen molar-refractivity contribution in [1.82, 2.24) is 4.98 Å². The smallest absolute Gasteiger partial charge is 0.259 e. The molecule has 0 saturated carbocycles. The number of carbonyl (C=O) groups excluding carboxylic acids is 1. The van der Waals surface area contributed by atoms with E-state index in [1.165, 1.54) is 25.7 Å². The molecule has 0 bridgehead atoms. The van der Waals surface area contributed by atoms with Gasteiger partial charge in [0.2, 0.25) is 0 Å². The number of carbonyl (C=O) groups is 1. The monoisotopic (exact) mass is 350 g/mol. The molecule has 0 spiro atoms. The van der Waals surface area contributed by atoms with E-state index in [-0.39, 0.29) is 5.91 Å². The van der Waals surface area contributed by atoms with Crippen LogP contribution in [-0.4, -0.2) is 30.5 Å². The van der Waals surface area contributed by atoms with Crippen LogP contribution in [0.25, 0.3) is 0 Å². The van der Waals surface area contributed by atoms with E-state index in [1.807, 2.05) is 35.2 Å². The van der Waals surface area contributed by atoms with Gasteiger partial charge in [-0.25, -0.2) is 4.98 Å². The summed E-state index contributed by atoms with van der Waals surface area (Å²) in [5.74, 6) is 0.984. The maximum absolute atomic E-state index is 13.0. The van der Waals surface area contributed by atoms with Gasteiger partial charge >= 0.3 is 0 Å². The fourth-order valence-electron chi connectivity index (χ4n) is 4.02. The van der Waals surface area contributed by atoms with Crippen molar-refractivity contribution in [2.24, 2.45) is 0 Å². The fourth-order valence-corrected chi connectivity index (χ4v) is 4.02. The average Bonchev–Trinajstić information content (AvgIpc) is 2.97. The van der Waals surface area contributed by atoms with E-state index in [0.29, 0.717) is 5.56 Å². The summed E-state index contributed by atoms with van der Waals surface area (Å²) in [6.07, 6.45) is 8.62. The molecule has 0 aliphatic carbocycles. The van der Waals surface area contributed by atoms with Crippen LogP contribution in [0.2, 0.25) is 0 Å². The predicted octanol–water partition coefficient (Wildman–Crippen LogP) is 3.64. The Balaban J connectivity index is 1.55. The third kappa shape index (κ3) is 3.26. The van der Waals surface area contributed by atoms with Gasteiger partial charge in [0.15, 0.2) is 0 Å². The Morgan fingerprint density at radius 1 is 0.962 bits per heavy atom. The normalized spacial score (nSPS) is 17.5. The second-order valence-electron chi connectivity index (χ2n) is 7.21. The lowest BCUT2D eigenvalue weighted by Crippen LogP contribution is -2.36. The molecule has 2 N–H and O–H groups in total. The van der Waals surface area contributed by atoms with Crippen LogP contribution in [0.1, 0.15) is 48.0 Å². The summed E-state index contributed by atoms with van der Waals surface area (Å²) >= 11 is 0. The van der Waals surface area contributed by atoms with Gasteiger partial charge in [0.05, 0.1) is 5.56 Å². The summed E-state index contributed by atoms with van der Waals surface area (Å²) < 4.78 is 0. The van der Waals surface area contributed by atoms with Crippen molar-refractivity contribution in [1.29, 1.82) is 0 Å². The van der Waals surface area contributed by atoms with Gasteiger partial charge in [0.25, 0.3) is 5.91 Å². The third-order valence-electron chi connectivity index (χ3n) is 5.46. The van der Waals surface area contributed by atoms with Crippen LogP contribution in [0.4, 0.5) is 17.2 Å². The summed E-state index contributed by atoms with van der Waals surface area (Å²) in [6, 6.07) is 9.71.